The van der Waals surface area contributed by atoms with Crippen molar-refractivity contribution in [3.8, 4) is 5.75 Å². The lowest BCUT2D eigenvalue weighted by atomic mass is 10.0. The molecule has 0 aliphatic heterocycles. The first-order valence-corrected chi connectivity index (χ1v) is 6.94. The van der Waals surface area contributed by atoms with Gasteiger partial charge in [0.1, 0.15) is 5.75 Å². The zero-order valence-corrected chi connectivity index (χ0v) is 12.6. The lowest BCUT2D eigenvalue weighted by Gasteiger charge is -2.11. The Hall–Kier alpha value is -1.52. The summed E-state index contributed by atoms with van der Waals surface area (Å²) in [6.07, 6.45) is 1.75. The van der Waals surface area contributed by atoms with E-state index in [4.69, 9.17) is 16.3 Å². The summed E-state index contributed by atoms with van der Waals surface area (Å²) in [7, 11) is 1.57. The van der Waals surface area contributed by atoms with Gasteiger partial charge in [0.2, 0.25) is 0 Å². The number of halogens is 1. The maximum atomic E-state index is 10.3. The third-order valence-electron chi connectivity index (χ3n) is 3.16. The lowest BCUT2D eigenvalue weighted by molar-refractivity contribution is 0.176. The van der Waals surface area contributed by atoms with Gasteiger partial charge in [-0.15, -0.1) is 0 Å². The van der Waals surface area contributed by atoms with E-state index in [2.05, 4.69) is 18.9 Å². The number of methoxy groups -OCH3 is 1. The predicted octanol–water partition coefficient (Wildman–Crippen LogP) is 3.40. The molecule has 4 nitrogen and oxygen atoms in total. The summed E-state index contributed by atoms with van der Waals surface area (Å²) in [6.45, 7) is 4.13. The van der Waals surface area contributed by atoms with Crippen molar-refractivity contribution in [2.45, 2.75) is 32.4 Å². The molecule has 1 aromatic heterocycles. The number of nitrogens with zero attached hydrogens (tertiary/aromatic N) is 2. The molecule has 20 heavy (non-hydrogen) atoms. The van der Waals surface area contributed by atoms with Crippen LogP contribution < -0.4 is 4.74 Å². The molecule has 0 amide bonds. The summed E-state index contributed by atoms with van der Waals surface area (Å²) in [5.41, 5.74) is 1.62. The van der Waals surface area contributed by atoms with Gasteiger partial charge in [-0.25, -0.2) is 0 Å². The molecular weight excluding hydrogens is 276 g/mol. The molecule has 0 fully saturated rings. The van der Waals surface area contributed by atoms with Gasteiger partial charge >= 0.3 is 0 Å². The zero-order chi connectivity index (χ0) is 14.7. The van der Waals surface area contributed by atoms with Gasteiger partial charge in [0, 0.05) is 18.7 Å². The van der Waals surface area contributed by atoms with Crippen LogP contribution in [0.4, 0.5) is 0 Å². The number of rotatable bonds is 5. The molecule has 2 rings (SSSR count). The predicted molar refractivity (Wildman–Crippen MR) is 79.3 cm³/mol. The number of hydrogen-bond donors (Lipinski definition) is 1. The Bertz CT molecular complexity index is 581. The monoisotopic (exact) mass is 294 g/mol. The topological polar surface area (TPSA) is 47.3 Å². The van der Waals surface area contributed by atoms with Crippen LogP contribution in [0.2, 0.25) is 5.02 Å². The van der Waals surface area contributed by atoms with Gasteiger partial charge in [-0.05, 0) is 37.6 Å². The molecule has 1 atom stereocenters. The van der Waals surface area contributed by atoms with Crippen molar-refractivity contribution in [3.05, 3.63) is 46.7 Å². The first kappa shape index (κ1) is 14.9. The van der Waals surface area contributed by atoms with Crippen LogP contribution >= 0.6 is 11.6 Å². The molecule has 108 valence electrons. The highest BCUT2D eigenvalue weighted by molar-refractivity contribution is 6.32. The van der Waals surface area contributed by atoms with Crippen LogP contribution in [0, 0.1) is 0 Å². The number of aliphatic hydroxyl groups excluding tert-OH is 1. The standard InChI is InChI=1S/C15H19ClN2O2/c1-10(2)18-7-6-12(17-18)9-14(19)11-4-5-15(20-3)13(16)8-11/h4-8,10,14,19H,9H2,1-3H3. The number of hydrogen-bond acceptors (Lipinski definition) is 3. The Kier molecular flexibility index (Phi) is 4.68. The first-order valence-electron chi connectivity index (χ1n) is 6.56. The minimum absolute atomic E-state index is 0.316. The third kappa shape index (κ3) is 3.32. The van der Waals surface area contributed by atoms with Crippen LogP contribution in [-0.2, 0) is 6.42 Å². The molecule has 1 aromatic carbocycles. The van der Waals surface area contributed by atoms with Crippen molar-refractivity contribution < 1.29 is 9.84 Å². The molecule has 0 saturated carbocycles. The second-order valence-electron chi connectivity index (χ2n) is 4.99. The van der Waals surface area contributed by atoms with Crippen molar-refractivity contribution in [1.29, 1.82) is 0 Å². The summed E-state index contributed by atoms with van der Waals surface area (Å²) in [4.78, 5) is 0. The van der Waals surface area contributed by atoms with E-state index in [0.717, 1.165) is 11.3 Å². The molecule has 1 unspecified atom stereocenters. The van der Waals surface area contributed by atoms with Gasteiger partial charge in [-0.2, -0.15) is 5.10 Å². The Morgan fingerprint density at radius 1 is 1.35 bits per heavy atom. The Labute approximate surface area is 123 Å². The molecule has 0 radical (unpaired) electrons. The average Bonchev–Trinajstić information content (AvgIpc) is 2.87. The van der Waals surface area contributed by atoms with E-state index >= 15 is 0 Å². The highest BCUT2D eigenvalue weighted by Gasteiger charge is 2.13. The smallest absolute Gasteiger partial charge is 0.137 e. The molecular formula is C15H19ClN2O2. The Morgan fingerprint density at radius 2 is 2.10 bits per heavy atom. The van der Waals surface area contributed by atoms with E-state index in [-0.39, 0.29) is 0 Å². The van der Waals surface area contributed by atoms with E-state index in [0.29, 0.717) is 23.2 Å². The number of aliphatic hydroxyl groups is 1. The van der Waals surface area contributed by atoms with Crippen molar-refractivity contribution in [3.63, 3.8) is 0 Å². The fourth-order valence-electron chi connectivity index (χ4n) is 1.98. The summed E-state index contributed by atoms with van der Waals surface area (Å²) >= 11 is 6.07. The van der Waals surface area contributed by atoms with Gasteiger partial charge in [-0.1, -0.05) is 17.7 Å². The third-order valence-corrected chi connectivity index (χ3v) is 3.45. The van der Waals surface area contributed by atoms with Gasteiger partial charge in [0.15, 0.2) is 0 Å². The molecule has 5 heteroatoms. The molecule has 2 aromatic rings. The van der Waals surface area contributed by atoms with Crippen LogP contribution in [0.25, 0.3) is 0 Å². The van der Waals surface area contributed by atoms with Crippen LogP contribution in [-0.4, -0.2) is 22.0 Å². The van der Waals surface area contributed by atoms with Crippen LogP contribution in [0.1, 0.15) is 37.3 Å². The minimum atomic E-state index is -0.631. The largest absolute Gasteiger partial charge is 0.495 e. The normalized spacial score (nSPS) is 12.7. The number of benzene rings is 1. The average molecular weight is 295 g/mol. The van der Waals surface area contributed by atoms with E-state index in [1.807, 2.05) is 23.0 Å². The molecule has 0 aliphatic carbocycles. The van der Waals surface area contributed by atoms with Crippen LogP contribution in [0.3, 0.4) is 0 Å². The highest BCUT2D eigenvalue weighted by Crippen LogP contribution is 2.28. The fourth-order valence-corrected chi connectivity index (χ4v) is 2.25. The van der Waals surface area contributed by atoms with Crippen molar-refractivity contribution >= 4 is 11.6 Å². The second kappa shape index (κ2) is 6.29. The van der Waals surface area contributed by atoms with E-state index in [1.54, 1.807) is 19.2 Å². The fraction of sp³-hybridized carbons (Fsp3) is 0.400. The molecule has 0 aliphatic rings. The highest BCUT2D eigenvalue weighted by atomic mass is 35.5. The Morgan fingerprint density at radius 3 is 2.65 bits per heavy atom. The van der Waals surface area contributed by atoms with E-state index < -0.39 is 6.10 Å². The maximum absolute atomic E-state index is 10.3. The van der Waals surface area contributed by atoms with Crippen molar-refractivity contribution in [2.75, 3.05) is 7.11 Å². The summed E-state index contributed by atoms with van der Waals surface area (Å²) in [6, 6.07) is 7.54. The van der Waals surface area contributed by atoms with E-state index in [1.165, 1.54) is 0 Å². The quantitative estimate of drug-likeness (QED) is 0.919. The number of aromatic nitrogens is 2. The minimum Gasteiger partial charge on any atom is -0.495 e. The van der Waals surface area contributed by atoms with Gasteiger partial charge in [-0.3, -0.25) is 4.68 Å². The summed E-state index contributed by atoms with van der Waals surface area (Å²) in [5, 5.41) is 15.2. The van der Waals surface area contributed by atoms with E-state index in [9.17, 15) is 5.11 Å². The molecule has 0 spiro atoms. The van der Waals surface area contributed by atoms with Crippen LogP contribution in [0.5, 0.6) is 5.75 Å². The molecule has 1 heterocycles. The SMILES string of the molecule is COc1ccc(C(O)Cc2ccn(C(C)C)n2)cc1Cl. The summed E-state index contributed by atoms with van der Waals surface area (Å²) < 4.78 is 6.98. The summed E-state index contributed by atoms with van der Waals surface area (Å²) in [5.74, 6) is 0.603. The van der Waals surface area contributed by atoms with Gasteiger partial charge in [0.25, 0.3) is 0 Å². The lowest BCUT2D eigenvalue weighted by Crippen LogP contribution is -2.05. The number of ether oxygens (including phenoxy) is 1. The van der Waals surface area contributed by atoms with Crippen molar-refractivity contribution in [1.82, 2.24) is 9.78 Å². The Balaban J connectivity index is 2.10. The van der Waals surface area contributed by atoms with Crippen molar-refractivity contribution in [2.24, 2.45) is 0 Å². The van der Waals surface area contributed by atoms with Gasteiger partial charge < -0.3 is 9.84 Å². The molecule has 1 N–H and O–H groups in total. The van der Waals surface area contributed by atoms with Crippen LogP contribution in [0.15, 0.2) is 30.5 Å². The first-order chi connectivity index (χ1) is 9.51. The van der Waals surface area contributed by atoms with Gasteiger partial charge in [0.05, 0.1) is 23.9 Å². The molecule has 0 saturated heterocycles. The zero-order valence-electron chi connectivity index (χ0n) is 11.9. The second-order valence-corrected chi connectivity index (χ2v) is 5.40. The molecule has 0 bridgehead atoms. The maximum Gasteiger partial charge on any atom is 0.137 e.